The molecule has 0 saturated carbocycles. The number of benzene rings is 2. The van der Waals surface area contributed by atoms with Crippen LogP contribution in [0.15, 0.2) is 24.3 Å². The van der Waals surface area contributed by atoms with Crippen LogP contribution in [0.3, 0.4) is 0 Å². The third kappa shape index (κ3) is 2.74. The van der Waals surface area contributed by atoms with E-state index < -0.39 is 7.71 Å². The number of hydrogen-bond donors (Lipinski definition) is 1. The van der Waals surface area contributed by atoms with Crippen LogP contribution in [0.5, 0.6) is 0 Å². The lowest BCUT2D eigenvalue weighted by atomic mass is 10.1. The van der Waals surface area contributed by atoms with Crippen LogP contribution in [0, 0.1) is 46.7 Å². The maximum Gasteiger partial charge on any atom is 0.0128 e. The van der Waals surface area contributed by atoms with Crippen molar-refractivity contribution in [1.29, 1.82) is 5.16 Å². The molecule has 0 saturated heterocycles. The van der Waals surface area contributed by atoms with E-state index in [9.17, 15) is 0 Å². The summed E-state index contributed by atoms with van der Waals surface area (Å²) >= 11 is 0. The Morgan fingerprint density at radius 2 is 0.850 bits per heavy atom. The lowest BCUT2D eigenvalue weighted by molar-refractivity contribution is 1.34. The average Bonchev–Trinajstić information content (AvgIpc) is 2.25. The Bertz CT molecular complexity index is 593. The first-order chi connectivity index (χ1) is 9.31. The summed E-state index contributed by atoms with van der Waals surface area (Å²) in [6.45, 7) is 12.8. The van der Waals surface area contributed by atoms with Crippen LogP contribution in [0.4, 0.5) is 0 Å². The SMILES string of the molecule is Cc1cc(C)c([PH](=N)c2c(C)cc(C)cc2C)c(C)c1. The molecular weight excluding hydrogens is 261 g/mol. The van der Waals surface area contributed by atoms with E-state index in [0.717, 1.165) is 0 Å². The first-order valence-corrected chi connectivity index (χ1v) is 8.56. The highest BCUT2D eigenvalue weighted by Gasteiger charge is 2.14. The molecule has 0 unspecified atom stereocenters. The zero-order valence-electron chi connectivity index (χ0n) is 13.3. The first-order valence-electron chi connectivity index (χ1n) is 7.06. The topological polar surface area (TPSA) is 23.9 Å². The van der Waals surface area contributed by atoms with Crippen molar-refractivity contribution in [2.24, 2.45) is 0 Å². The van der Waals surface area contributed by atoms with Crippen LogP contribution in [0.2, 0.25) is 0 Å². The van der Waals surface area contributed by atoms with Crippen molar-refractivity contribution in [1.82, 2.24) is 0 Å². The summed E-state index contributed by atoms with van der Waals surface area (Å²) in [4.78, 5) is 0. The van der Waals surface area contributed by atoms with E-state index >= 15 is 0 Å². The molecule has 0 aliphatic carbocycles. The number of aryl methyl sites for hydroxylation is 6. The van der Waals surface area contributed by atoms with Crippen LogP contribution in [-0.4, -0.2) is 0 Å². The van der Waals surface area contributed by atoms with Crippen molar-refractivity contribution in [2.75, 3.05) is 0 Å². The molecule has 0 radical (unpaired) electrons. The molecule has 0 bridgehead atoms. The van der Waals surface area contributed by atoms with Crippen molar-refractivity contribution >= 4 is 18.3 Å². The summed E-state index contributed by atoms with van der Waals surface area (Å²) in [5.41, 5.74) is 7.65. The molecule has 0 spiro atoms. The van der Waals surface area contributed by atoms with E-state index in [1.54, 1.807) is 0 Å². The van der Waals surface area contributed by atoms with Gasteiger partial charge in [-0.25, -0.2) is 0 Å². The maximum absolute atomic E-state index is 8.86. The molecule has 2 aromatic carbocycles. The Morgan fingerprint density at radius 1 is 0.600 bits per heavy atom. The second-order valence-electron chi connectivity index (χ2n) is 5.92. The number of nitrogens with one attached hydrogen (secondary N) is 1. The van der Waals surface area contributed by atoms with Gasteiger partial charge in [-0.15, -0.1) is 0 Å². The molecule has 0 heterocycles. The van der Waals surface area contributed by atoms with Gasteiger partial charge < -0.3 is 5.16 Å². The molecule has 2 heteroatoms. The third-order valence-electron chi connectivity index (χ3n) is 3.85. The van der Waals surface area contributed by atoms with Crippen molar-refractivity contribution < 1.29 is 0 Å². The zero-order valence-corrected chi connectivity index (χ0v) is 14.3. The molecule has 106 valence electrons. The molecule has 20 heavy (non-hydrogen) atoms. The molecule has 2 rings (SSSR count). The van der Waals surface area contributed by atoms with Gasteiger partial charge in [0.1, 0.15) is 0 Å². The molecule has 0 aliphatic rings. The fraction of sp³-hybridized carbons (Fsp3) is 0.333. The summed E-state index contributed by atoms with van der Waals surface area (Å²) in [5, 5.41) is 11.4. The fourth-order valence-corrected chi connectivity index (χ4v) is 5.39. The van der Waals surface area contributed by atoms with Crippen LogP contribution in [-0.2, 0) is 0 Å². The molecule has 0 aliphatic heterocycles. The van der Waals surface area contributed by atoms with E-state index in [-0.39, 0.29) is 0 Å². The minimum Gasteiger partial charge on any atom is -0.313 e. The Kier molecular flexibility index (Phi) is 4.20. The summed E-state index contributed by atoms with van der Waals surface area (Å²) < 4.78 is 0. The van der Waals surface area contributed by atoms with E-state index in [0.29, 0.717) is 0 Å². The zero-order chi connectivity index (χ0) is 15.0. The van der Waals surface area contributed by atoms with Gasteiger partial charge in [0.05, 0.1) is 0 Å². The van der Waals surface area contributed by atoms with E-state index in [2.05, 4.69) is 65.8 Å². The van der Waals surface area contributed by atoms with Gasteiger partial charge in [-0.05, 0) is 74.4 Å². The molecule has 0 fully saturated rings. The largest absolute Gasteiger partial charge is 0.313 e. The molecule has 0 aromatic heterocycles. The van der Waals surface area contributed by atoms with Gasteiger partial charge in [-0.1, -0.05) is 35.4 Å². The molecule has 1 N–H and O–H groups in total. The van der Waals surface area contributed by atoms with E-state index in [4.69, 9.17) is 5.16 Å². The normalized spacial score (nSPS) is 11.2. The molecule has 0 amide bonds. The molecule has 0 atom stereocenters. The highest BCUT2D eigenvalue weighted by molar-refractivity contribution is 7.63. The lowest BCUT2D eigenvalue weighted by Gasteiger charge is -2.18. The van der Waals surface area contributed by atoms with Crippen molar-refractivity contribution in [3.05, 3.63) is 57.6 Å². The van der Waals surface area contributed by atoms with Gasteiger partial charge in [-0.2, -0.15) is 0 Å². The van der Waals surface area contributed by atoms with Crippen LogP contribution in [0.1, 0.15) is 33.4 Å². The Balaban J connectivity index is 2.64. The van der Waals surface area contributed by atoms with Crippen molar-refractivity contribution in [3.63, 3.8) is 0 Å². The maximum atomic E-state index is 8.86. The van der Waals surface area contributed by atoms with Crippen molar-refractivity contribution in [2.45, 2.75) is 41.5 Å². The van der Waals surface area contributed by atoms with Crippen molar-refractivity contribution in [3.8, 4) is 0 Å². The summed E-state index contributed by atoms with van der Waals surface area (Å²) in [7, 11) is -1.45. The fourth-order valence-electron chi connectivity index (χ4n) is 3.27. The quantitative estimate of drug-likeness (QED) is 0.787. The summed E-state index contributed by atoms with van der Waals surface area (Å²) in [6, 6.07) is 8.83. The Labute approximate surface area is 123 Å². The standard InChI is InChI=1S/C18H24NP/c1-11-7-13(3)17(14(4)8-11)20(19)18-15(5)9-12(2)10-16(18)6/h7-10,19-20H,1-6H3. The highest BCUT2D eigenvalue weighted by Crippen LogP contribution is 2.29. The highest BCUT2D eigenvalue weighted by atomic mass is 31.1. The minimum absolute atomic E-state index is 1.26. The van der Waals surface area contributed by atoms with Crippen LogP contribution < -0.4 is 10.6 Å². The van der Waals surface area contributed by atoms with Gasteiger partial charge in [0.2, 0.25) is 0 Å². The Morgan fingerprint density at radius 3 is 1.10 bits per heavy atom. The molecular formula is C18H24NP. The summed E-state index contributed by atoms with van der Waals surface area (Å²) in [6.07, 6.45) is 0. The number of rotatable bonds is 2. The van der Waals surface area contributed by atoms with Crippen LogP contribution >= 0.6 is 7.71 Å². The second kappa shape index (κ2) is 5.58. The number of hydrogen-bond acceptors (Lipinski definition) is 1. The van der Waals surface area contributed by atoms with E-state index in [1.165, 1.54) is 44.0 Å². The predicted octanol–water partition coefficient (Wildman–Crippen LogP) is 4.46. The third-order valence-corrected chi connectivity index (χ3v) is 6.43. The van der Waals surface area contributed by atoms with Crippen LogP contribution in [0.25, 0.3) is 0 Å². The van der Waals surface area contributed by atoms with Gasteiger partial charge in [0, 0.05) is 7.71 Å². The first kappa shape index (κ1) is 15.1. The van der Waals surface area contributed by atoms with Gasteiger partial charge in [0.15, 0.2) is 0 Å². The molecule has 1 nitrogen and oxygen atoms in total. The van der Waals surface area contributed by atoms with Gasteiger partial charge in [-0.3, -0.25) is 0 Å². The lowest BCUT2D eigenvalue weighted by Crippen LogP contribution is -2.17. The van der Waals surface area contributed by atoms with Gasteiger partial charge >= 0.3 is 0 Å². The van der Waals surface area contributed by atoms with E-state index in [1.807, 2.05) is 0 Å². The smallest absolute Gasteiger partial charge is 0.0128 e. The monoisotopic (exact) mass is 285 g/mol. The summed E-state index contributed by atoms with van der Waals surface area (Å²) in [5.74, 6) is 0. The minimum atomic E-state index is -1.45. The predicted molar refractivity (Wildman–Crippen MR) is 91.6 cm³/mol. The average molecular weight is 285 g/mol. The second-order valence-corrected chi connectivity index (χ2v) is 7.67. The van der Waals surface area contributed by atoms with Gasteiger partial charge in [0.25, 0.3) is 0 Å². The molecule has 2 aromatic rings. The Hall–Kier alpha value is -1.33.